The molecule has 1 rings (SSSR count). The number of hydrogen-bond donors (Lipinski definition) is 2. The number of amides is 1. The molecule has 0 bridgehead atoms. The first-order valence-electron chi connectivity index (χ1n) is 7.57. The van der Waals surface area contributed by atoms with Crippen molar-refractivity contribution in [1.29, 1.82) is 0 Å². The molecule has 118 valence electrons. The molecule has 2 N–H and O–H groups in total. The van der Waals surface area contributed by atoms with Crippen LogP contribution in [0.25, 0.3) is 0 Å². The van der Waals surface area contributed by atoms with Crippen LogP contribution in [-0.4, -0.2) is 38.5 Å². The van der Waals surface area contributed by atoms with Crippen molar-refractivity contribution < 1.29 is 14.3 Å². The number of para-hydroxylation sites is 1. The van der Waals surface area contributed by atoms with Crippen LogP contribution in [0.1, 0.15) is 37.6 Å². The summed E-state index contributed by atoms with van der Waals surface area (Å²) in [6.07, 6.45) is 0.604. The summed E-state index contributed by atoms with van der Waals surface area (Å²) >= 11 is 0. The van der Waals surface area contributed by atoms with Crippen molar-refractivity contribution in [2.45, 2.75) is 33.5 Å². The molecule has 0 heterocycles. The van der Waals surface area contributed by atoms with Crippen molar-refractivity contribution in [3.8, 4) is 0 Å². The van der Waals surface area contributed by atoms with E-state index in [1.54, 1.807) is 0 Å². The maximum absolute atomic E-state index is 12.3. The number of ether oxygens (including phenoxy) is 2. The van der Waals surface area contributed by atoms with Gasteiger partial charge in [-0.3, -0.25) is 4.79 Å². The number of nitrogens with one attached hydrogen (secondary N) is 2. The molecule has 0 aliphatic carbocycles. The van der Waals surface area contributed by atoms with Gasteiger partial charge < -0.3 is 20.1 Å². The summed E-state index contributed by atoms with van der Waals surface area (Å²) < 4.78 is 10.8. The van der Waals surface area contributed by atoms with Crippen molar-refractivity contribution >= 4 is 11.6 Å². The molecule has 5 heteroatoms. The number of carbonyl (C=O) groups excluding carboxylic acids is 1. The Morgan fingerprint density at radius 3 is 2.43 bits per heavy atom. The van der Waals surface area contributed by atoms with E-state index in [0.717, 1.165) is 18.7 Å². The van der Waals surface area contributed by atoms with Gasteiger partial charge in [-0.1, -0.05) is 19.1 Å². The Labute approximate surface area is 127 Å². The third-order valence-corrected chi connectivity index (χ3v) is 2.87. The molecule has 1 aromatic rings. The zero-order chi connectivity index (χ0) is 15.5. The standard InChI is InChI=1S/C16H26N2O3/c1-4-11-17-14-10-8-7-9-13(14)16(19)18-12-15(20-5-2)21-6-3/h7-10,15,17H,4-6,11-12H2,1-3H3,(H,18,19). The summed E-state index contributed by atoms with van der Waals surface area (Å²) in [5.41, 5.74) is 1.49. The van der Waals surface area contributed by atoms with E-state index in [4.69, 9.17) is 9.47 Å². The molecule has 1 amide bonds. The zero-order valence-electron chi connectivity index (χ0n) is 13.1. The van der Waals surface area contributed by atoms with Gasteiger partial charge in [-0.15, -0.1) is 0 Å². The van der Waals surface area contributed by atoms with Gasteiger partial charge >= 0.3 is 0 Å². The fourth-order valence-electron chi connectivity index (χ4n) is 1.90. The van der Waals surface area contributed by atoms with Gasteiger partial charge in [0.25, 0.3) is 5.91 Å². The predicted octanol–water partition coefficient (Wildman–Crippen LogP) is 2.64. The maximum Gasteiger partial charge on any atom is 0.253 e. The lowest BCUT2D eigenvalue weighted by molar-refractivity contribution is -0.131. The van der Waals surface area contributed by atoms with Crippen LogP contribution in [0.4, 0.5) is 5.69 Å². The summed E-state index contributed by atoms with van der Waals surface area (Å²) in [7, 11) is 0. The Balaban J connectivity index is 2.62. The molecule has 0 atom stereocenters. The van der Waals surface area contributed by atoms with E-state index in [1.165, 1.54) is 0 Å². The summed E-state index contributed by atoms with van der Waals surface area (Å²) in [5.74, 6) is -0.126. The van der Waals surface area contributed by atoms with E-state index in [1.807, 2.05) is 38.1 Å². The molecule has 21 heavy (non-hydrogen) atoms. The van der Waals surface area contributed by atoms with E-state index < -0.39 is 6.29 Å². The largest absolute Gasteiger partial charge is 0.384 e. The van der Waals surface area contributed by atoms with Crippen molar-refractivity contribution in [1.82, 2.24) is 5.32 Å². The lowest BCUT2D eigenvalue weighted by atomic mass is 10.1. The van der Waals surface area contributed by atoms with Gasteiger partial charge in [0.2, 0.25) is 0 Å². The van der Waals surface area contributed by atoms with Gasteiger partial charge in [-0.05, 0) is 32.4 Å². The first kappa shape index (κ1) is 17.5. The topological polar surface area (TPSA) is 59.6 Å². The Morgan fingerprint density at radius 2 is 1.81 bits per heavy atom. The summed E-state index contributed by atoms with van der Waals surface area (Å²) in [6.45, 7) is 8.16. The molecule has 0 aliphatic rings. The lowest BCUT2D eigenvalue weighted by Crippen LogP contribution is -2.35. The molecule has 0 radical (unpaired) electrons. The molecule has 0 fully saturated rings. The van der Waals surface area contributed by atoms with Gasteiger partial charge in [0, 0.05) is 25.4 Å². The maximum atomic E-state index is 12.3. The van der Waals surface area contributed by atoms with Crippen LogP contribution in [-0.2, 0) is 9.47 Å². The van der Waals surface area contributed by atoms with Crippen LogP contribution in [0.15, 0.2) is 24.3 Å². The smallest absolute Gasteiger partial charge is 0.253 e. The first-order valence-corrected chi connectivity index (χ1v) is 7.57. The highest BCUT2D eigenvalue weighted by Gasteiger charge is 2.13. The van der Waals surface area contributed by atoms with Crippen molar-refractivity contribution in [2.24, 2.45) is 0 Å². The van der Waals surface area contributed by atoms with Gasteiger partial charge in [-0.2, -0.15) is 0 Å². The minimum atomic E-state index is -0.403. The van der Waals surface area contributed by atoms with Gasteiger partial charge in [0.15, 0.2) is 6.29 Å². The second kappa shape index (κ2) is 10.2. The monoisotopic (exact) mass is 294 g/mol. The van der Waals surface area contributed by atoms with Crippen molar-refractivity contribution in [3.63, 3.8) is 0 Å². The summed E-state index contributed by atoms with van der Waals surface area (Å²) in [6, 6.07) is 7.49. The minimum Gasteiger partial charge on any atom is -0.384 e. The van der Waals surface area contributed by atoms with E-state index >= 15 is 0 Å². The van der Waals surface area contributed by atoms with Crippen LogP contribution in [0.2, 0.25) is 0 Å². The molecule has 5 nitrogen and oxygen atoms in total. The molecule has 0 unspecified atom stereocenters. The third-order valence-electron chi connectivity index (χ3n) is 2.87. The van der Waals surface area contributed by atoms with E-state index in [9.17, 15) is 4.79 Å². The molecular formula is C16H26N2O3. The second-order valence-electron chi connectivity index (χ2n) is 4.52. The quantitative estimate of drug-likeness (QED) is 0.651. The van der Waals surface area contributed by atoms with Crippen LogP contribution >= 0.6 is 0 Å². The number of rotatable bonds is 10. The summed E-state index contributed by atoms with van der Waals surface area (Å²) in [4.78, 5) is 12.3. The molecule has 0 aromatic heterocycles. The Morgan fingerprint density at radius 1 is 1.14 bits per heavy atom. The average Bonchev–Trinajstić information content (AvgIpc) is 2.51. The number of benzene rings is 1. The van der Waals surface area contributed by atoms with Crippen LogP contribution in [0.3, 0.4) is 0 Å². The van der Waals surface area contributed by atoms with Crippen molar-refractivity contribution in [3.05, 3.63) is 29.8 Å². The second-order valence-corrected chi connectivity index (χ2v) is 4.52. The number of anilines is 1. The highest BCUT2D eigenvalue weighted by Crippen LogP contribution is 2.14. The number of hydrogen-bond acceptors (Lipinski definition) is 4. The third kappa shape index (κ3) is 6.14. The van der Waals surface area contributed by atoms with Gasteiger partial charge in [0.05, 0.1) is 12.1 Å². The van der Waals surface area contributed by atoms with Gasteiger partial charge in [-0.25, -0.2) is 0 Å². The normalized spacial score (nSPS) is 10.7. The molecule has 0 saturated carbocycles. The van der Waals surface area contributed by atoms with Crippen LogP contribution in [0, 0.1) is 0 Å². The first-order chi connectivity index (χ1) is 10.2. The zero-order valence-corrected chi connectivity index (χ0v) is 13.1. The molecule has 0 saturated heterocycles. The highest BCUT2D eigenvalue weighted by molar-refractivity contribution is 5.99. The SMILES string of the molecule is CCCNc1ccccc1C(=O)NCC(OCC)OCC. The highest BCUT2D eigenvalue weighted by atomic mass is 16.7. The minimum absolute atomic E-state index is 0.126. The Hall–Kier alpha value is -1.59. The molecule has 0 spiro atoms. The van der Waals surface area contributed by atoms with E-state index in [-0.39, 0.29) is 5.91 Å². The van der Waals surface area contributed by atoms with Crippen LogP contribution < -0.4 is 10.6 Å². The predicted molar refractivity (Wildman–Crippen MR) is 84.6 cm³/mol. The fourth-order valence-corrected chi connectivity index (χ4v) is 1.90. The lowest BCUT2D eigenvalue weighted by Gasteiger charge is -2.18. The van der Waals surface area contributed by atoms with Crippen molar-refractivity contribution in [2.75, 3.05) is 31.6 Å². The van der Waals surface area contributed by atoms with Gasteiger partial charge in [0.1, 0.15) is 0 Å². The Kier molecular flexibility index (Phi) is 8.47. The average molecular weight is 294 g/mol. The van der Waals surface area contributed by atoms with E-state index in [0.29, 0.717) is 25.3 Å². The molecule has 0 aliphatic heterocycles. The Bertz CT molecular complexity index is 418. The van der Waals surface area contributed by atoms with Crippen LogP contribution in [0.5, 0.6) is 0 Å². The number of carbonyl (C=O) groups is 1. The molecular weight excluding hydrogens is 268 g/mol. The summed E-state index contributed by atoms with van der Waals surface area (Å²) in [5, 5.41) is 6.12. The molecule has 1 aromatic carbocycles. The fraction of sp³-hybridized carbons (Fsp3) is 0.562. The van der Waals surface area contributed by atoms with E-state index in [2.05, 4.69) is 17.6 Å².